The molecule has 0 atom stereocenters. The number of hydrogen-bond acceptors (Lipinski definition) is 2. The van der Waals surface area contributed by atoms with Gasteiger partial charge in [-0.1, -0.05) is 30.3 Å². The molecule has 0 saturated heterocycles. The quantitative estimate of drug-likeness (QED) is 0.789. The van der Waals surface area contributed by atoms with Crippen LogP contribution in [-0.2, 0) is 11.3 Å². The first-order valence-electron chi connectivity index (χ1n) is 5.24. The lowest BCUT2D eigenvalue weighted by Crippen LogP contribution is -2.35. The van der Waals surface area contributed by atoms with Gasteiger partial charge in [-0.15, -0.1) is 0 Å². The summed E-state index contributed by atoms with van der Waals surface area (Å²) < 4.78 is 5.74. The Kier molecular flexibility index (Phi) is 3.17. The van der Waals surface area contributed by atoms with Crippen LogP contribution in [0.1, 0.15) is 18.4 Å². The molecular formula is C12H17NO. The molecule has 1 aromatic carbocycles. The van der Waals surface area contributed by atoms with Crippen LogP contribution in [0, 0.1) is 5.92 Å². The fourth-order valence-corrected chi connectivity index (χ4v) is 1.79. The average molecular weight is 191 g/mol. The second kappa shape index (κ2) is 4.58. The van der Waals surface area contributed by atoms with E-state index in [9.17, 15) is 0 Å². The van der Waals surface area contributed by atoms with Gasteiger partial charge in [0, 0.05) is 0 Å². The van der Waals surface area contributed by atoms with E-state index >= 15 is 0 Å². The van der Waals surface area contributed by atoms with Crippen molar-refractivity contribution in [1.29, 1.82) is 0 Å². The summed E-state index contributed by atoms with van der Waals surface area (Å²) in [6.07, 6.45) is 2.73. The van der Waals surface area contributed by atoms with Crippen molar-refractivity contribution in [2.75, 3.05) is 6.54 Å². The maximum atomic E-state index is 5.74. The van der Waals surface area contributed by atoms with E-state index < -0.39 is 0 Å². The van der Waals surface area contributed by atoms with Crippen molar-refractivity contribution >= 4 is 0 Å². The molecule has 76 valence electrons. The van der Waals surface area contributed by atoms with Gasteiger partial charge in [0.05, 0.1) is 12.7 Å². The van der Waals surface area contributed by atoms with E-state index in [0.29, 0.717) is 12.0 Å². The predicted octanol–water partition coefficient (Wildman–Crippen LogP) is 1.94. The number of rotatable bonds is 4. The molecule has 1 saturated carbocycles. The van der Waals surface area contributed by atoms with Crippen LogP contribution in [0.5, 0.6) is 0 Å². The van der Waals surface area contributed by atoms with Crippen LogP contribution in [0.2, 0.25) is 0 Å². The Bertz CT molecular complexity index is 267. The van der Waals surface area contributed by atoms with Crippen molar-refractivity contribution in [3.8, 4) is 0 Å². The van der Waals surface area contributed by atoms with Crippen molar-refractivity contribution in [1.82, 2.24) is 0 Å². The second-order valence-corrected chi connectivity index (χ2v) is 3.99. The van der Waals surface area contributed by atoms with Gasteiger partial charge in [-0.25, -0.2) is 0 Å². The molecule has 1 fully saturated rings. The molecule has 2 nitrogen and oxygen atoms in total. The van der Waals surface area contributed by atoms with E-state index in [4.69, 9.17) is 10.5 Å². The maximum Gasteiger partial charge on any atom is 0.0720 e. The van der Waals surface area contributed by atoms with E-state index in [0.717, 1.165) is 26.0 Å². The van der Waals surface area contributed by atoms with Crippen LogP contribution in [0.15, 0.2) is 30.3 Å². The van der Waals surface area contributed by atoms with Crippen molar-refractivity contribution < 1.29 is 4.74 Å². The molecule has 1 aliphatic carbocycles. The van der Waals surface area contributed by atoms with E-state index in [1.807, 2.05) is 18.2 Å². The van der Waals surface area contributed by atoms with Gasteiger partial charge in [-0.05, 0) is 30.9 Å². The van der Waals surface area contributed by atoms with Crippen molar-refractivity contribution in [2.24, 2.45) is 11.7 Å². The molecule has 0 heterocycles. The number of nitrogens with two attached hydrogens (primary N) is 1. The first-order valence-corrected chi connectivity index (χ1v) is 5.24. The summed E-state index contributed by atoms with van der Waals surface area (Å²) in [5.74, 6) is 0.704. The molecule has 2 N–H and O–H groups in total. The lowest BCUT2D eigenvalue weighted by Gasteiger charge is -2.34. The lowest BCUT2D eigenvalue weighted by atomic mass is 9.82. The van der Waals surface area contributed by atoms with Gasteiger partial charge in [0.15, 0.2) is 0 Å². The van der Waals surface area contributed by atoms with Gasteiger partial charge >= 0.3 is 0 Å². The molecule has 14 heavy (non-hydrogen) atoms. The zero-order chi connectivity index (χ0) is 9.80. The molecule has 0 amide bonds. The Morgan fingerprint density at radius 3 is 2.57 bits per heavy atom. The van der Waals surface area contributed by atoms with E-state index in [2.05, 4.69) is 12.1 Å². The SMILES string of the molecule is NCC1CC(OCc2ccccc2)C1. The minimum atomic E-state index is 0.448. The summed E-state index contributed by atoms with van der Waals surface area (Å²) in [7, 11) is 0. The zero-order valence-electron chi connectivity index (χ0n) is 8.36. The third-order valence-corrected chi connectivity index (χ3v) is 2.85. The molecule has 1 aliphatic rings. The van der Waals surface area contributed by atoms with Crippen LogP contribution in [0.4, 0.5) is 0 Å². The second-order valence-electron chi connectivity index (χ2n) is 3.99. The van der Waals surface area contributed by atoms with E-state index in [1.165, 1.54) is 5.56 Å². The molecule has 0 bridgehead atoms. The van der Waals surface area contributed by atoms with Crippen LogP contribution < -0.4 is 5.73 Å². The summed E-state index contributed by atoms with van der Waals surface area (Å²) in [6, 6.07) is 10.3. The van der Waals surface area contributed by atoms with Gasteiger partial charge in [-0.2, -0.15) is 0 Å². The van der Waals surface area contributed by atoms with Gasteiger partial charge in [0.25, 0.3) is 0 Å². The number of hydrogen-bond donors (Lipinski definition) is 1. The normalized spacial score (nSPS) is 25.8. The third kappa shape index (κ3) is 2.34. The number of benzene rings is 1. The molecule has 0 aliphatic heterocycles. The Morgan fingerprint density at radius 2 is 1.93 bits per heavy atom. The highest BCUT2D eigenvalue weighted by Gasteiger charge is 2.28. The monoisotopic (exact) mass is 191 g/mol. The van der Waals surface area contributed by atoms with Crippen LogP contribution in [-0.4, -0.2) is 12.6 Å². The minimum absolute atomic E-state index is 0.448. The highest BCUT2D eigenvalue weighted by atomic mass is 16.5. The highest BCUT2D eigenvalue weighted by Crippen LogP contribution is 2.29. The Morgan fingerprint density at radius 1 is 1.21 bits per heavy atom. The smallest absolute Gasteiger partial charge is 0.0720 e. The third-order valence-electron chi connectivity index (χ3n) is 2.85. The predicted molar refractivity (Wildman–Crippen MR) is 56.8 cm³/mol. The summed E-state index contributed by atoms with van der Waals surface area (Å²) in [4.78, 5) is 0. The van der Waals surface area contributed by atoms with Crippen LogP contribution in [0.3, 0.4) is 0 Å². The first-order chi connectivity index (χ1) is 6.88. The molecule has 1 aromatic rings. The van der Waals surface area contributed by atoms with Crippen molar-refractivity contribution in [2.45, 2.75) is 25.6 Å². The van der Waals surface area contributed by atoms with Crippen molar-refractivity contribution in [3.05, 3.63) is 35.9 Å². The Balaban J connectivity index is 1.69. The highest BCUT2D eigenvalue weighted by molar-refractivity contribution is 5.13. The fourth-order valence-electron chi connectivity index (χ4n) is 1.79. The molecule has 0 spiro atoms. The average Bonchev–Trinajstić information content (AvgIpc) is 2.17. The van der Waals surface area contributed by atoms with Gasteiger partial charge < -0.3 is 10.5 Å². The summed E-state index contributed by atoms with van der Waals surface area (Å²) >= 11 is 0. The molecular weight excluding hydrogens is 174 g/mol. The molecule has 2 rings (SSSR count). The molecule has 0 radical (unpaired) electrons. The van der Waals surface area contributed by atoms with Crippen LogP contribution >= 0.6 is 0 Å². The topological polar surface area (TPSA) is 35.2 Å². The Labute approximate surface area is 85.1 Å². The van der Waals surface area contributed by atoms with Crippen molar-refractivity contribution in [3.63, 3.8) is 0 Å². The summed E-state index contributed by atoms with van der Waals surface area (Å²) in [6.45, 7) is 1.55. The maximum absolute atomic E-state index is 5.74. The van der Waals surface area contributed by atoms with E-state index in [-0.39, 0.29) is 0 Å². The van der Waals surface area contributed by atoms with Gasteiger partial charge in [-0.3, -0.25) is 0 Å². The number of ether oxygens (including phenoxy) is 1. The minimum Gasteiger partial charge on any atom is -0.374 e. The largest absolute Gasteiger partial charge is 0.374 e. The molecule has 0 unspecified atom stereocenters. The van der Waals surface area contributed by atoms with E-state index in [1.54, 1.807) is 0 Å². The fraction of sp³-hybridized carbons (Fsp3) is 0.500. The van der Waals surface area contributed by atoms with Gasteiger partial charge in [0.1, 0.15) is 0 Å². The van der Waals surface area contributed by atoms with Crippen LogP contribution in [0.25, 0.3) is 0 Å². The zero-order valence-corrected chi connectivity index (χ0v) is 8.36. The first kappa shape index (κ1) is 9.69. The lowest BCUT2D eigenvalue weighted by molar-refractivity contribution is -0.0375. The Hall–Kier alpha value is -0.860. The summed E-state index contributed by atoms with van der Waals surface area (Å²) in [5, 5.41) is 0. The molecule has 2 heteroatoms. The molecule has 0 aromatic heterocycles. The summed E-state index contributed by atoms with van der Waals surface area (Å²) in [5.41, 5.74) is 6.80. The standard InChI is InChI=1S/C12H17NO/c13-8-11-6-12(7-11)14-9-10-4-2-1-3-5-10/h1-5,11-12H,6-9,13H2. The van der Waals surface area contributed by atoms with Gasteiger partial charge in [0.2, 0.25) is 0 Å².